The molecule has 2 aromatic rings. The fraction of sp³-hybridized carbons (Fsp3) is 0.200. The second-order valence-electron chi connectivity index (χ2n) is 4.28. The van der Waals surface area contributed by atoms with E-state index in [2.05, 4.69) is 5.32 Å². The van der Waals surface area contributed by atoms with Crippen molar-refractivity contribution in [1.29, 1.82) is 0 Å². The van der Waals surface area contributed by atoms with Crippen LogP contribution < -0.4 is 14.8 Å². The zero-order chi connectivity index (χ0) is 15.4. The summed E-state index contributed by atoms with van der Waals surface area (Å²) in [5.41, 5.74) is 1.44. The second-order valence-corrected chi connectivity index (χ2v) is 5.09. The third-order valence-corrected chi connectivity index (χ3v) is 3.62. The van der Waals surface area contributed by atoms with Gasteiger partial charge >= 0.3 is 0 Å². The average molecular weight is 330 g/mol. The van der Waals surface area contributed by atoms with Crippen LogP contribution in [0.25, 0.3) is 0 Å². The smallest absolute Gasteiger partial charge is 0.162 e. The molecule has 21 heavy (non-hydrogen) atoms. The minimum absolute atomic E-state index is 0.360. The molecular weight excluding hydrogens is 316 g/mol. The number of halogens is 3. The fourth-order valence-corrected chi connectivity index (χ4v) is 2.30. The summed E-state index contributed by atoms with van der Waals surface area (Å²) >= 11 is 12.2. The lowest BCUT2D eigenvalue weighted by Gasteiger charge is -2.14. The van der Waals surface area contributed by atoms with Crippen LogP contribution in [0.2, 0.25) is 10.0 Å². The van der Waals surface area contributed by atoms with E-state index in [0.717, 1.165) is 5.56 Å². The minimum Gasteiger partial charge on any atom is -0.493 e. The summed E-state index contributed by atoms with van der Waals surface area (Å²) < 4.78 is 23.4. The number of ether oxygens (including phenoxy) is 2. The number of benzene rings is 2. The number of nitrogens with one attached hydrogen (secondary N) is 1. The second kappa shape index (κ2) is 6.87. The number of hydrogen-bond donors (Lipinski definition) is 1. The Balaban J connectivity index is 2.19. The molecule has 0 heterocycles. The lowest BCUT2D eigenvalue weighted by atomic mass is 10.2. The number of hydrogen-bond acceptors (Lipinski definition) is 3. The van der Waals surface area contributed by atoms with E-state index in [4.69, 9.17) is 32.7 Å². The highest BCUT2D eigenvalue weighted by atomic mass is 35.5. The molecule has 0 aliphatic rings. The van der Waals surface area contributed by atoms with Crippen LogP contribution in [0, 0.1) is 5.82 Å². The molecule has 0 saturated carbocycles. The summed E-state index contributed by atoms with van der Waals surface area (Å²) in [5, 5.41) is 3.99. The van der Waals surface area contributed by atoms with E-state index in [-0.39, 0.29) is 5.82 Å². The average Bonchev–Trinajstić information content (AvgIpc) is 2.47. The normalized spacial score (nSPS) is 10.3. The molecule has 0 bridgehead atoms. The van der Waals surface area contributed by atoms with Crippen molar-refractivity contribution in [3.8, 4) is 11.5 Å². The highest BCUT2D eigenvalue weighted by Gasteiger charge is 2.10. The minimum atomic E-state index is -0.368. The van der Waals surface area contributed by atoms with Gasteiger partial charge in [-0.1, -0.05) is 29.3 Å². The Kier molecular flexibility index (Phi) is 5.15. The van der Waals surface area contributed by atoms with Crippen molar-refractivity contribution in [2.45, 2.75) is 6.54 Å². The van der Waals surface area contributed by atoms with Crippen LogP contribution in [0.1, 0.15) is 5.56 Å². The molecule has 2 aromatic carbocycles. The van der Waals surface area contributed by atoms with Crippen LogP contribution >= 0.6 is 23.2 Å². The van der Waals surface area contributed by atoms with E-state index in [0.29, 0.717) is 33.8 Å². The van der Waals surface area contributed by atoms with Crippen LogP contribution in [0.5, 0.6) is 11.5 Å². The molecule has 3 nitrogen and oxygen atoms in total. The molecule has 0 aliphatic carbocycles. The topological polar surface area (TPSA) is 30.5 Å². The van der Waals surface area contributed by atoms with Crippen LogP contribution in [0.3, 0.4) is 0 Å². The van der Waals surface area contributed by atoms with Gasteiger partial charge in [-0.3, -0.25) is 0 Å². The fourth-order valence-electron chi connectivity index (χ4n) is 1.85. The van der Waals surface area contributed by atoms with Crippen molar-refractivity contribution in [2.24, 2.45) is 0 Å². The lowest BCUT2D eigenvalue weighted by molar-refractivity contribution is 0.355. The molecule has 0 saturated heterocycles. The molecule has 6 heteroatoms. The SMILES string of the molecule is COc1cc(Cl)c(NCc2ccc(F)cc2Cl)cc1OC. The Morgan fingerprint density at radius 1 is 1.00 bits per heavy atom. The predicted octanol–water partition coefficient (Wildman–Crippen LogP) is 4.76. The van der Waals surface area contributed by atoms with Crippen molar-refractivity contribution in [3.63, 3.8) is 0 Å². The number of methoxy groups -OCH3 is 2. The van der Waals surface area contributed by atoms with Gasteiger partial charge in [0.1, 0.15) is 5.82 Å². The van der Waals surface area contributed by atoms with Gasteiger partial charge in [-0.05, 0) is 17.7 Å². The standard InChI is InChI=1S/C15H14Cl2FNO2/c1-20-14-6-12(17)13(7-15(14)21-2)19-8-9-3-4-10(18)5-11(9)16/h3-7,19H,8H2,1-2H3. The monoisotopic (exact) mass is 329 g/mol. The first-order valence-electron chi connectivity index (χ1n) is 6.14. The first-order valence-corrected chi connectivity index (χ1v) is 6.90. The maximum atomic E-state index is 13.0. The van der Waals surface area contributed by atoms with Crippen molar-refractivity contribution >= 4 is 28.9 Å². The van der Waals surface area contributed by atoms with Gasteiger partial charge in [0.25, 0.3) is 0 Å². The van der Waals surface area contributed by atoms with E-state index in [9.17, 15) is 4.39 Å². The summed E-state index contributed by atoms with van der Waals surface area (Å²) in [7, 11) is 3.09. The molecule has 0 atom stereocenters. The molecule has 0 radical (unpaired) electrons. The zero-order valence-electron chi connectivity index (χ0n) is 11.5. The highest BCUT2D eigenvalue weighted by molar-refractivity contribution is 6.33. The molecule has 2 rings (SSSR count). The molecule has 0 aromatic heterocycles. The molecule has 0 unspecified atom stereocenters. The van der Waals surface area contributed by atoms with Gasteiger partial charge in [0.15, 0.2) is 11.5 Å². The molecule has 0 spiro atoms. The molecule has 112 valence electrons. The molecule has 1 N–H and O–H groups in total. The lowest BCUT2D eigenvalue weighted by Crippen LogP contribution is -2.02. The van der Waals surface area contributed by atoms with Crippen molar-refractivity contribution in [2.75, 3.05) is 19.5 Å². The van der Waals surface area contributed by atoms with Gasteiger partial charge in [0.2, 0.25) is 0 Å². The third-order valence-electron chi connectivity index (χ3n) is 2.96. The van der Waals surface area contributed by atoms with Gasteiger partial charge < -0.3 is 14.8 Å². The Bertz CT molecular complexity index is 650. The van der Waals surface area contributed by atoms with Crippen LogP contribution in [-0.4, -0.2) is 14.2 Å². The molecule has 0 amide bonds. The molecular formula is C15H14Cl2FNO2. The van der Waals surface area contributed by atoms with Crippen LogP contribution in [0.15, 0.2) is 30.3 Å². The first kappa shape index (κ1) is 15.7. The Morgan fingerprint density at radius 3 is 2.29 bits per heavy atom. The number of anilines is 1. The first-order chi connectivity index (χ1) is 10.0. The molecule has 0 fully saturated rings. The van der Waals surface area contributed by atoms with E-state index in [1.807, 2.05) is 0 Å². The van der Waals surface area contributed by atoms with Gasteiger partial charge in [-0.2, -0.15) is 0 Å². The van der Waals surface area contributed by atoms with E-state index >= 15 is 0 Å². The van der Waals surface area contributed by atoms with E-state index in [1.165, 1.54) is 12.1 Å². The van der Waals surface area contributed by atoms with E-state index < -0.39 is 0 Å². The zero-order valence-corrected chi connectivity index (χ0v) is 13.1. The summed E-state index contributed by atoms with van der Waals surface area (Å²) in [4.78, 5) is 0. The largest absolute Gasteiger partial charge is 0.493 e. The van der Waals surface area contributed by atoms with Crippen molar-refractivity contribution < 1.29 is 13.9 Å². The summed E-state index contributed by atoms with van der Waals surface area (Å²) in [6.07, 6.45) is 0. The van der Waals surface area contributed by atoms with Crippen molar-refractivity contribution in [3.05, 3.63) is 51.8 Å². The molecule has 0 aliphatic heterocycles. The van der Waals surface area contributed by atoms with Crippen LogP contribution in [-0.2, 0) is 6.54 Å². The van der Waals surface area contributed by atoms with Gasteiger partial charge in [-0.15, -0.1) is 0 Å². The quantitative estimate of drug-likeness (QED) is 0.857. The maximum Gasteiger partial charge on any atom is 0.162 e. The summed E-state index contributed by atoms with van der Waals surface area (Å²) in [5.74, 6) is 0.746. The maximum absolute atomic E-state index is 13.0. The van der Waals surface area contributed by atoms with Crippen molar-refractivity contribution in [1.82, 2.24) is 0 Å². The Hall–Kier alpha value is -1.65. The Morgan fingerprint density at radius 2 is 1.67 bits per heavy atom. The van der Waals surface area contributed by atoms with Gasteiger partial charge in [-0.25, -0.2) is 4.39 Å². The summed E-state index contributed by atoms with van der Waals surface area (Å²) in [6, 6.07) is 7.65. The van der Waals surface area contributed by atoms with Gasteiger partial charge in [0, 0.05) is 23.7 Å². The van der Waals surface area contributed by atoms with Crippen LogP contribution in [0.4, 0.5) is 10.1 Å². The third kappa shape index (κ3) is 3.71. The Labute approximate surface area is 132 Å². The van der Waals surface area contributed by atoms with E-state index in [1.54, 1.807) is 32.4 Å². The van der Waals surface area contributed by atoms with Gasteiger partial charge in [0.05, 0.1) is 24.9 Å². The number of rotatable bonds is 5. The summed E-state index contributed by atoms with van der Waals surface area (Å²) in [6.45, 7) is 0.411. The highest BCUT2D eigenvalue weighted by Crippen LogP contribution is 2.36. The predicted molar refractivity (Wildman–Crippen MR) is 83.3 cm³/mol.